The van der Waals surface area contributed by atoms with Crippen LogP contribution in [0.4, 0.5) is 5.69 Å². The van der Waals surface area contributed by atoms with Crippen molar-refractivity contribution >= 4 is 23.6 Å². The fourth-order valence-electron chi connectivity index (χ4n) is 3.31. The zero-order chi connectivity index (χ0) is 21.0. The number of nitrogens with zero attached hydrogens (tertiary/aromatic N) is 2. The van der Waals surface area contributed by atoms with E-state index in [1.165, 1.54) is 30.2 Å². The van der Waals surface area contributed by atoms with Gasteiger partial charge in [0.15, 0.2) is 0 Å². The van der Waals surface area contributed by atoms with Crippen LogP contribution >= 0.6 is 0 Å². The number of carbonyl (C=O) groups excluding carboxylic acids is 2. The third-order valence-electron chi connectivity index (χ3n) is 4.80. The first kappa shape index (κ1) is 20.0. The second-order valence-electron chi connectivity index (χ2n) is 6.52. The summed E-state index contributed by atoms with van der Waals surface area (Å²) in [7, 11) is 1.24. The Kier molecular flexibility index (Phi) is 5.87. The Balaban J connectivity index is 2.00. The van der Waals surface area contributed by atoms with Crippen LogP contribution in [0.15, 0.2) is 71.4 Å². The third-order valence-corrected chi connectivity index (χ3v) is 4.80. The number of carbonyl (C=O) groups is 2. The maximum Gasteiger partial charge on any atom is 0.340 e. The molecule has 0 aromatic heterocycles. The van der Waals surface area contributed by atoms with Crippen LogP contribution in [0, 0.1) is 10.1 Å². The highest BCUT2D eigenvalue weighted by Crippen LogP contribution is 2.33. The van der Waals surface area contributed by atoms with Crippen LogP contribution in [0.3, 0.4) is 0 Å². The number of hydrogen-bond donors (Lipinski definition) is 0. The van der Waals surface area contributed by atoms with Crippen LogP contribution in [-0.4, -0.2) is 35.4 Å². The van der Waals surface area contributed by atoms with Gasteiger partial charge in [-0.1, -0.05) is 42.5 Å². The molecule has 0 fully saturated rings. The largest absolute Gasteiger partial charge is 0.465 e. The fourth-order valence-corrected chi connectivity index (χ4v) is 3.31. The Bertz CT molecular complexity index is 1020. The molecule has 0 aliphatic carbocycles. The van der Waals surface area contributed by atoms with E-state index in [0.717, 1.165) is 5.56 Å². The van der Waals surface area contributed by atoms with Crippen LogP contribution in [0.2, 0.25) is 0 Å². The first-order valence-corrected chi connectivity index (χ1v) is 9.04. The van der Waals surface area contributed by atoms with Crippen molar-refractivity contribution in [3.05, 3.63) is 92.7 Å². The molecule has 0 bridgehead atoms. The molecule has 0 spiro atoms. The highest BCUT2D eigenvalue weighted by molar-refractivity contribution is 6.16. The van der Waals surface area contributed by atoms with Gasteiger partial charge in [0.1, 0.15) is 0 Å². The molecule has 0 atom stereocenters. The van der Waals surface area contributed by atoms with Crippen LogP contribution in [0.1, 0.15) is 18.1 Å². The number of hydrogen-bond acceptors (Lipinski definition) is 5. The van der Waals surface area contributed by atoms with Gasteiger partial charge in [0.05, 0.1) is 28.7 Å². The van der Waals surface area contributed by atoms with Gasteiger partial charge in [0.2, 0.25) is 0 Å². The van der Waals surface area contributed by atoms with Gasteiger partial charge in [0, 0.05) is 18.3 Å². The summed E-state index contributed by atoms with van der Waals surface area (Å²) in [4.78, 5) is 37.8. The third kappa shape index (κ3) is 4.08. The molecule has 2 aromatic carbocycles. The van der Waals surface area contributed by atoms with Crippen molar-refractivity contribution in [1.82, 2.24) is 4.90 Å². The van der Waals surface area contributed by atoms with Crippen molar-refractivity contribution in [3.63, 3.8) is 0 Å². The molecule has 0 radical (unpaired) electrons. The molecule has 7 nitrogen and oxygen atoms in total. The maximum atomic E-state index is 13.1. The van der Waals surface area contributed by atoms with E-state index >= 15 is 0 Å². The summed E-state index contributed by atoms with van der Waals surface area (Å²) in [5.74, 6) is -1.03. The Hall–Kier alpha value is -3.74. The number of methoxy groups -OCH3 is 1. The summed E-state index contributed by atoms with van der Waals surface area (Å²) in [6.07, 6.45) is 2.00. The summed E-state index contributed by atoms with van der Waals surface area (Å²) >= 11 is 0. The first-order valence-electron chi connectivity index (χ1n) is 9.04. The van der Waals surface area contributed by atoms with Gasteiger partial charge in [-0.3, -0.25) is 14.9 Å². The highest BCUT2D eigenvalue weighted by atomic mass is 16.6. The van der Waals surface area contributed by atoms with Crippen LogP contribution in [0.25, 0.3) is 6.08 Å². The van der Waals surface area contributed by atoms with Crippen molar-refractivity contribution in [2.45, 2.75) is 13.3 Å². The van der Waals surface area contributed by atoms with Crippen molar-refractivity contribution in [1.29, 1.82) is 0 Å². The molecule has 1 aliphatic heterocycles. The summed E-state index contributed by atoms with van der Waals surface area (Å²) in [5.41, 5.74) is 1.87. The predicted octanol–water partition coefficient (Wildman–Crippen LogP) is 3.51. The minimum absolute atomic E-state index is 0.0942. The number of nitro groups is 1. The van der Waals surface area contributed by atoms with Crippen LogP contribution in [-0.2, 0) is 20.7 Å². The van der Waals surface area contributed by atoms with Gasteiger partial charge in [-0.15, -0.1) is 0 Å². The molecule has 0 saturated heterocycles. The minimum atomic E-state index is -0.650. The molecular formula is C22H20N2O5. The molecule has 3 rings (SSSR count). The average molecular weight is 392 g/mol. The summed E-state index contributed by atoms with van der Waals surface area (Å²) < 4.78 is 4.86. The Labute approximate surface area is 168 Å². The molecule has 0 N–H and O–H groups in total. The van der Waals surface area contributed by atoms with Gasteiger partial charge in [-0.05, 0) is 31.1 Å². The molecule has 0 saturated carbocycles. The van der Waals surface area contributed by atoms with Crippen LogP contribution < -0.4 is 0 Å². The molecule has 1 heterocycles. The number of rotatable bonds is 6. The van der Waals surface area contributed by atoms with Gasteiger partial charge in [-0.2, -0.15) is 0 Å². The number of para-hydroxylation sites is 1. The highest BCUT2D eigenvalue weighted by Gasteiger charge is 2.37. The van der Waals surface area contributed by atoms with Gasteiger partial charge in [0.25, 0.3) is 11.6 Å². The van der Waals surface area contributed by atoms with Crippen molar-refractivity contribution in [2.75, 3.05) is 13.7 Å². The number of esters is 1. The maximum absolute atomic E-state index is 13.1. The number of amides is 1. The monoisotopic (exact) mass is 392 g/mol. The van der Waals surface area contributed by atoms with E-state index in [-0.39, 0.29) is 28.3 Å². The zero-order valence-corrected chi connectivity index (χ0v) is 16.1. The topological polar surface area (TPSA) is 89.8 Å². The van der Waals surface area contributed by atoms with E-state index in [4.69, 9.17) is 4.74 Å². The molecule has 148 valence electrons. The number of nitro benzene ring substituents is 1. The van der Waals surface area contributed by atoms with E-state index in [1.54, 1.807) is 19.1 Å². The van der Waals surface area contributed by atoms with E-state index in [9.17, 15) is 19.7 Å². The minimum Gasteiger partial charge on any atom is -0.465 e. The second kappa shape index (κ2) is 8.52. The number of ether oxygens (including phenoxy) is 1. The number of allylic oxidation sites excluding steroid dienone is 1. The quantitative estimate of drug-likeness (QED) is 0.325. The Morgan fingerprint density at radius 1 is 1.14 bits per heavy atom. The lowest BCUT2D eigenvalue weighted by atomic mass is 10.0. The van der Waals surface area contributed by atoms with E-state index in [2.05, 4.69) is 0 Å². The zero-order valence-electron chi connectivity index (χ0n) is 16.1. The molecule has 7 heteroatoms. The van der Waals surface area contributed by atoms with Gasteiger partial charge in [-0.25, -0.2) is 4.79 Å². The molecular weight excluding hydrogens is 372 g/mol. The van der Waals surface area contributed by atoms with E-state index in [1.807, 2.05) is 30.3 Å². The summed E-state index contributed by atoms with van der Waals surface area (Å²) in [6.45, 7) is 2.05. The first-order chi connectivity index (χ1) is 13.9. The van der Waals surface area contributed by atoms with E-state index < -0.39 is 10.9 Å². The lowest BCUT2D eigenvalue weighted by Crippen LogP contribution is -2.27. The number of benzene rings is 2. The van der Waals surface area contributed by atoms with E-state index in [0.29, 0.717) is 18.7 Å². The molecule has 29 heavy (non-hydrogen) atoms. The average Bonchev–Trinajstić information content (AvgIpc) is 2.96. The Morgan fingerprint density at radius 3 is 2.45 bits per heavy atom. The SMILES string of the molecule is COC(=O)C1=C(C)N(CCc2ccccc2)C(=O)C1=Cc1ccccc1[N+](=O)[O-]. The Morgan fingerprint density at radius 2 is 1.79 bits per heavy atom. The smallest absolute Gasteiger partial charge is 0.340 e. The van der Waals surface area contributed by atoms with Crippen LogP contribution in [0.5, 0.6) is 0 Å². The van der Waals surface area contributed by atoms with Crippen molar-refractivity contribution in [2.24, 2.45) is 0 Å². The van der Waals surface area contributed by atoms with Crippen molar-refractivity contribution in [3.8, 4) is 0 Å². The lowest BCUT2D eigenvalue weighted by molar-refractivity contribution is -0.385. The van der Waals surface area contributed by atoms with Gasteiger partial charge >= 0.3 is 5.97 Å². The molecule has 1 amide bonds. The molecule has 2 aromatic rings. The summed E-state index contributed by atoms with van der Waals surface area (Å²) in [6, 6.07) is 15.8. The second-order valence-corrected chi connectivity index (χ2v) is 6.52. The standard InChI is InChI=1S/C22H20N2O5/c1-15-20(22(26)29-2)18(14-17-10-6-7-11-19(17)24(27)28)21(25)23(15)13-12-16-8-4-3-5-9-16/h3-11,14H,12-13H2,1-2H3. The summed E-state index contributed by atoms with van der Waals surface area (Å²) in [5, 5.41) is 11.3. The van der Waals surface area contributed by atoms with Gasteiger partial charge < -0.3 is 9.64 Å². The predicted molar refractivity (Wildman–Crippen MR) is 108 cm³/mol. The van der Waals surface area contributed by atoms with Crippen molar-refractivity contribution < 1.29 is 19.2 Å². The molecule has 0 unspecified atom stereocenters. The normalized spacial score (nSPS) is 15.2. The lowest BCUT2D eigenvalue weighted by Gasteiger charge is -2.17. The fraction of sp³-hybridized carbons (Fsp3) is 0.182. The molecule has 1 aliphatic rings.